The van der Waals surface area contributed by atoms with Crippen LogP contribution in [0.1, 0.15) is 12.8 Å². The summed E-state index contributed by atoms with van der Waals surface area (Å²) in [6, 6.07) is 0. The predicted molar refractivity (Wildman–Crippen MR) is 90.7 cm³/mol. The van der Waals surface area contributed by atoms with E-state index >= 15 is 0 Å². The first-order valence-electron chi connectivity index (χ1n) is 9.64. The summed E-state index contributed by atoms with van der Waals surface area (Å²) in [6.45, 7) is -4.45. The molecule has 0 amide bonds. The standard InChI is InChI=1S/C14H8F22O6S2/c15-5(9(21,22)23,10(24,25)26)7(17,18)13(33,34)43(37,38)41-3-1-2-4-42-44(39,40)14(35,36)8(19,20)6(16,11(27,28)29)12(30,31)32/h1-4H2. The van der Waals surface area contributed by atoms with Gasteiger partial charge in [-0.05, 0) is 12.8 Å². The molecule has 0 aliphatic carbocycles. The molecule has 0 saturated heterocycles. The molecule has 0 aliphatic heterocycles. The summed E-state index contributed by atoms with van der Waals surface area (Å²) in [6.07, 6.45) is -35.2. The Kier molecular flexibility index (Phi) is 11.1. The summed E-state index contributed by atoms with van der Waals surface area (Å²) in [7, 11) is -15.6. The van der Waals surface area contributed by atoms with E-state index in [1.54, 1.807) is 0 Å². The Hall–Kier alpha value is -1.72. The molecule has 0 unspecified atom stereocenters. The lowest BCUT2D eigenvalue weighted by Gasteiger charge is -2.38. The number of hydrogen-bond donors (Lipinski definition) is 0. The van der Waals surface area contributed by atoms with Crippen molar-refractivity contribution in [3.63, 3.8) is 0 Å². The largest absolute Gasteiger partial charge is 0.438 e. The van der Waals surface area contributed by atoms with Gasteiger partial charge in [0.05, 0.1) is 13.2 Å². The van der Waals surface area contributed by atoms with E-state index in [2.05, 4.69) is 8.37 Å². The average molecular weight is 754 g/mol. The van der Waals surface area contributed by atoms with Crippen LogP contribution in [-0.2, 0) is 28.6 Å². The quantitative estimate of drug-likeness (QED) is 0.120. The molecule has 6 nitrogen and oxygen atoms in total. The predicted octanol–water partition coefficient (Wildman–Crippen LogP) is 6.58. The van der Waals surface area contributed by atoms with E-state index in [0.29, 0.717) is 0 Å². The van der Waals surface area contributed by atoms with Crippen molar-refractivity contribution in [1.82, 2.24) is 0 Å². The van der Waals surface area contributed by atoms with E-state index in [1.165, 1.54) is 0 Å². The Morgan fingerprint density at radius 2 is 0.545 bits per heavy atom. The zero-order valence-corrected chi connectivity index (χ0v) is 21.0. The average Bonchev–Trinajstić information content (AvgIpc) is 2.76. The van der Waals surface area contributed by atoms with Gasteiger partial charge < -0.3 is 0 Å². The van der Waals surface area contributed by atoms with E-state index in [9.17, 15) is 113 Å². The molecule has 0 atom stereocenters. The molecule has 0 bridgehead atoms. The second kappa shape index (κ2) is 11.5. The third-order valence-corrected chi connectivity index (χ3v) is 7.53. The lowest BCUT2D eigenvalue weighted by molar-refractivity contribution is -0.417. The van der Waals surface area contributed by atoms with Crippen LogP contribution in [-0.4, -0.2) is 88.4 Å². The minimum absolute atomic E-state index is 1.63. The lowest BCUT2D eigenvalue weighted by atomic mass is 9.96. The Morgan fingerprint density at radius 3 is 0.705 bits per heavy atom. The maximum Gasteiger partial charge on any atom is 0.438 e. The molecule has 0 radical (unpaired) electrons. The Labute approximate surface area is 227 Å². The van der Waals surface area contributed by atoms with Crippen LogP contribution in [0.3, 0.4) is 0 Å². The van der Waals surface area contributed by atoms with Gasteiger partial charge in [-0.1, -0.05) is 0 Å². The van der Waals surface area contributed by atoms with Gasteiger partial charge in [-0.25, -0.2) is 8.78 Å². The first-order valence-corrected chi connectivity index (χ1v) is 12.5. The summed E-state index contributed by atoms with van der Waals surface area (Å²) < 4.78 is 335. The van der Waals surface area contributed by atoms with Crippen LogP contribution < -0.4 is 0 Å². The van der Waals surface area contributed by atoms with Crippen LogP contribution in [0.15, 0.2) is 0 Å². The van der Waals surface area contributed by atoms with Crippen molar-refractivity contribution < 1.29 is 122 Å². The van der Waals surface area contributed by atoms with E-state index < -0.39 is 105 Å². The number of alkyl halides is 22. The van der Waals surface area contributed by atoms with Crippen molar-refractivity contribution in [2.75, 3.05) is 13.2 Å². The summed E-state index contributed by atoms with van der Waals surface area (Å²) in [5.41, 5.74) is -16.5. The molecule has 0 rings (SSSR count). The minimum Gasteiger partial charge on any atom is -0.265 e. The van der Waals surface area contributed by atoms with Crippen LogP contribution >= 0.6 is 0 Å². The number of halogens is 22. The maximum atomic E-state index is 13.6. The van der Waals surface area contributed by atoms with E-state index in [-0.39, 0.29) is 0 Å². The molecule has 44 heavy (non-hydrogen) atoms. The second-order valence-corrected chi connectivity index (χ2v) is 11.1. The fourth-order valence-electron chi connectivity index (χ4n) is 2.44. The van der Waals surface area contributed by atoms with Crippen molar-refractivity contribution in [2.24, 2.45) is 0 Å². The monoisotopic (exact) mass is 754 g/mol. The topological polar surface area (TPSA) is 86.7 Å². The molecular weight excluding hydrogens is 746 g/mol. The number of unbranched alkanes of at least 4 members (excludes halogenated alkanes) is 1. The van der Waals surface area contributed by atoms with E-state index in [1.807, 2.05) is 0 Å². The molecule has 30 heteroatoms. The molecule has 0 saturated carbocycles. The molecular formula is C14H8F22O6S2. The van der Waals surface area contributed by atoms with Gasteiger partial charge in [0.2, 0.25) is 0 Å². The van der Waals surface area contributed by atoms with Crippen molar-refractivity contribution in [2.45, 2.75) is 71.2 Å². The Bertz CT molecular complexity index is 1100. The number of hydrogen-bond acceptors (Lipinski definition) is 6. The smallest absolute Gasteiger partial charge is 0.265 e. The van der Waals surface area contributed by atoms with Gasteiger partial charge in [0.15, 0.2) is 0 Å². The molecule has 0 spiro atoms. The van der Waals surface area contributed by atoms with Gasteiger partial charge in [-0.15, -0.1) is 0 Å². The highest BCUT2D eigenvalue weighted by Gasteiger charge is 2.94. The van der Waals surface area contributed by atoms with Gasteiger partial charge in [0, 0.05) is 0 Å². The van der Waals surface area contributed by atoms with Crippen molar-refractivity contribution >= 4 is 20.2 Å². The minimum atomic E-state index is -8.27. The molecule has 0 aromatic rings. The highest BCUT2D eigenvalue weighted by atomic mass is 32.2. The van der Waals surface area contributed by atoms with Crippen molar-refractivity contribution in [1.29, 1.82) is 0 Å². The fourth-order valence-corrected chi connectivity index (χ4v) is 4.32. The zero-order valence-electron chi connectivity index (χ0n) is 19.4. The van der Waals surface area contributed by atoms with Gasteiger partial charge >= 0.3 is 78.6 Å². The fraction of sp³-hybridized carbons (Fsp3) is 1.00. The Balaban J connectivity index is 5.82. The zero-order chi connectivity index (χ0) is 36.2. The van der Waals surface area contributed by atoms with Gasteiger partial charge in [-0.3, -0.25) is 8.37 Å². The number of rotatable bonds is 13. The summed E-state index contributed by atoms with van der Waals surface area (Å²) in [5.74, 6) is -16.5. The molecule has 0 N–H and O–H groups in total. The van der Waals surface area contributed by atoms with E-state index in [4.69, 9.17) is 0 Å². The summed E-state index contributed by atoms with van der Waals surface area (Å²) in [5, 5.41) is -15.5. The molecule has 0 aliphatic rings. The lowest BCUT2D eigenvalue weighted by Crippen LogP contribution is -2.71. The van der Waals surface area contributed by atoms with Gasteiger partial charge in [0.1, 0.15) is 0 Å². The van der Waals surface area contributed by atoms with Crippen molar-refractivity contribution in [3.8, 4) is 0 Å². The van der Waals surface area contributed by atoms with Crippen LogP contribution in [0, 0.1) is 0 Å². The SMILES string of the molecule is O=S(=O)(OCCCCOS(=O)(=O)C(F)(F)C(F)(F)C(F)(C(F)(F)F)C(F)(F)F)C(F)(F)C(F)(F)C(F)(C(F)(F)F)C(F)(F)F. The third kappa shape index (κ3) is 6.31. The third-order valence-electron chi connectivity index (χ3n) is 4.80. The first-order chi connectivity index (χ1) is 18.7. The van der Waals surface area contributed by atoms with Crippen LogP contribution in [0.4, 0.5) is 96.6 Å². The highest BCUT2D eigenvalue weighted by Crippen LogP contribution is 2.61. The van der Waals surface area contributed by atoms with Gasteiger partial charge in [0.25, 0.3) is 0 Å². The normalized spacial score (nSPS) is 16.4. The van der Waals surface area contributed by atoms with Crippen molar-refractivity contribution in [3.05, 3.63) is 0 Å². The van der Waals surface area contributed by atoms with Crippen LogP contribution in [0.5, 0.6) is 0 Å². The summed E-state index contributed by atoms with van der Waals surface area (Å²) in [4.78, 5) is 0. The van der Waals surface area contributed by atoms with E-state index in [0.717, 1.165) is 0 Å². The summed E-state index contributed by atoms with van der Waals surface area (Å²) >= 11 is 0. The highest BCUT2D eigenvalue weighted by molar-refractivity contribution is 7.88. The molecule has 0 heterocycles. The van der Waals surface area contributed by atoms with Gasteiger partial charge in [-0.2, -0.15) is 105 Å². The molecule has 0 aromatic carbocycles. The molecule has 266 valence electrons. The first kappa shape index (κ1) is 42.3. The molecule has 0 aromatic heterocycles. The van der Waals surface area contributed by atoms with Crippen LogP contribution in [0.25, 0.3) is 0 Å². The maximum absolute atomic E-state index is 13.6. The Morgan fingerprint density at radius 1 is 0.364 bits per heavy atom. The second-order valence-electron chi connectivity index (χ2n) is 7.75. The van der Waals surface area contributed by atoms with Crippen LogP contribution in [0.2, 0.25) is 0 Å². The molecule has 0 fully saturated rings.